The SMILES string of the molecule is Cl.Cl.O=C1C(N2CCNCC2)CCN1C1CCOCC1. The van der Waals surface area contributed by atoms with Crippen LogP contribution in [-0.2, 0) is 9.53 Å². The minimum Gasteiger partial charge on any atom is -0.381 e. The first-order valence-electron chi connectivity index (χ1n) is 7.19. The van der Waals surface area contributed by atoms with Crippen molar-refractivity contribution in [1.82, 2.24) is 15.1 Å². The molecule has 3 rings (SSSR count). The normalized spacial score (nSPS) is 28.9. The number of ether oxygens (including phenoxy) is 1. The molecule has 0 aromatic carbocycles. The smallest absolute Gasteiger partial charge is 0.240 e. The Morgan fingerprint density at radius 1 is 1.00 bits per heavy atom. The van der Waals surface area contributed by atoms with Gasteiger partial charge in [-0.15, -0.1) is 24.8 Å². The molecule has 5 nitrogen and oxygen atoms in total. The average Bonchev–Trinajstić information content (AvgIpc) is 2.83. The van der Waals surface area contributed by atoms with Crippen molar-refractivity contribution in [2.75, 3.05) is 45.9 Å². The number of carbonyl (C=O) groups excluding carboxylic acids is 1. The van der Waals surface area contributed by atoms with E-state index in [-0.39, 0.29) is 30.9 Å². The van der Waals surface area contributed by atoms with Gasteiger partial charge in [-0.25, -0.2) is 0 Å². The Labute approximate surface area is 133 Å². The van der Waals surface area contributed by atoms with E-state index in [9.17, 15) is 4.79 Å². The first kappa shape index (κ1) is 18.0. The first-order chi connectivity index (χ1) is 8.86. The molecule has 3 saturated heterocycles. The van der Waals surface area contributed by atoms with Gasteiger partial charge in [0.2, 0.25) is 5.91 Å². The van der Waals surface area contributed by atoms with Crippen molar-refractivity contribution in [2.45, 2.75) is 31.3 Å². The number of piperazine rings is 1. The largest absolute Gasteiger partial charge is 0.381 e. The molecular formula is C13H25Cl2N3O2. The maximum atomic E-state index is 12.5. The van der Waals surface area contributed by atoms with Crippen LogP contribution in [0.25, 0.3) is 0 Å². The Morgan fingerprint density at radius 3 is 2.30 bits per heavy atom. The van der Waals surface area contributed by atoms with Gasteiger partial charge in [0.25, 0.3) is 0 Å². The number of rotatable bonds is 2. The summed E-state index contributed by atoms with van der Waals surface area (Å²) in [5, 5.41) is 3.34. The zero-order valence-corrected chi connectivity index (χ0v) is 13.4. The number of nitrogens with one attached hydrogen (secondary N) is 1. The molecule has 3 aliphatic heterocycles. The second-order valence-corrected chi connectivity index (χ2v) is 5.47. The highest BCUT2D eigenvalue weighted by Gasteiger charge is 2.39. The summed E-state index contributed by atoms with van der Waals surface area (Å²) in [6.45, 7) is 6.62. The molecular weight excluding hydrogens is 301 g/mol. The molecule has 118 valence electrons. The fraction of sp³-hybridized carbons (Fsp3) is 0.923. The van der Waals surface area contributed by atoms with Gasteiger partial charge in [0.05, 0.1) is 6.04 Å². The summed E-state index contributed by atoms with van der Waals surface area (Å²) >= 11 is 0. The molecule has 3 fully saturated rings. The summed E-state index contributed by atoms with van der Waals surface area (Å²) < 4.78 is 5.38. The van der Waals surface area contributed by atoms with E-state index in [1.807, 2.05) is 0 Å². The van der Waals surface area contributed by atoms with Gasteiger partial charge in [0.1, 0.15) is 0 Å². The van der Waals surface area contributed by atoms with Gasteiger partial charge in [-0.3, -0.25) is 9.69 Å². The molecule has 0 spiro atoms. The van der Waals surface area contributed by atoms with Crippen LogP contribution < -0.4 is 5.32 Å². The molecule has 0 bridgehead atoms. The van der Waals surface area contributed by atoms with Gasteiger partial charge < -0.3 is 15.0 Å². The van der Waals surface area contributed by atoms with Gasteiger partial charge >= 0.3 is 0 Å². The molecule has 1 amide bonds. The van der Waals surface area contributed by atoms with Crippen LogP contribution in [0, 0.1) is 0 Å². The monoisotopic (exact) mass is 325 g/mol. The molecule has 0 saturated carbocycles. The molecule has 1 N–H and O–H groups in total. The highest BCUT2D eigenvalue weighted by Crippen LogP contribution is 2.24. The van der Waals surface area contributed by atoms with Crippen LogP contribution in [0.15, 0.2) is 0 Å². The molecule has 0 aliphatic carbocycles. The van der Waals surface area contributed by atoms with Crippen molar-refractivity contribution in [3.05, 3.63) is 0 Å². The molecule has 20 heavy (non-hydrogen) atoms. The van der Waals surface area contributed by atoms with Crippen molar-refractivity contribution in [3.8, 4) is 0 Å². The van der Waals surface area contributed by atoms with Crippen molar-refractivity contribution < 1.29 is 9.53 Å². The van der Waals surface area contributed by atoms with E-state index >= 15 is 0 Å². The number of halogens is 2. The summed E-state index contributed by atoms with van der Waals surface area (Å²) in [5.74, 6) is 0.365. The van der Waals surface area contributed by atoms with Crippen molar-refractivity contribution in [3.63, 3.8) is 0 Å². The number of amides is 1. The van der Waals surface area contributed by atoms with Crippen LogP contribution in [0.3, 0.4) is 0 Å². The Morgan fingerprint density at radius 2 is 1.65 bits per heavy atom. The Kier molecular flexibility index (Phi) is 7.54. The summed E-state index contributed by atoms with van der Waals surface area (Å²) in [4.78, 5) is 17.0. The maximum Gasteiger partial charge on any atom is 0.240 e. The topological polar surface area (TPSA) is 44.8 Å². The second kappa shape index (κ2) is 8.39. The maximum absolute atomic E-state index is 12.5. The van der Waals surface area contributed by atoms with E-state index in [1.54, 1.807) is 0 Å². The molecule has 1 unspecified atom stereocenters. The van der Waals surface area contributed by atoms with Crippen LogP contribution >= 0.6 is 24.8 Å². The van der Waals surface area contributed by atoms with E-state index in [0.717, 1.165) is 65.2 Å². The lowest BCUT2D eigenvalue weighted by Gasteiger charge is -2.34. The summed E-state index contributed by atoms with van der Waals surface area (Å²) in [6.07, 6.45) is 3.04. The van der Waals surface area contributed by atoms with Crippen LogP contribution in [0.5, 0.6) is 0 Å². The quantitative estimate of drug-likeness (QED) is 0.803. The van der Waals surface area contributed by atoms with Gasteiger partial charge in [-0.1, -0.05) is 0 Å². The summed E-state index contributed by atoms with van der Waals surface area (Å²) in [7, 11) is 0. The fourth-order valence-electron chi connectivity index (χ4n) is 3.38. The minimum atomic E-state index is 0. The molecule has 3 heterocycles. The summed E-state index contributed by atoms with van der Waals surface area (Å²) in [6, 6.07) is 0.578. The zero-order valence-electron chi connectivity index (χ0n) is 11.8. The third kappa shape index (κ3) is 3.77. The zero-order chi connectivity index (χ0) is 12.4. The van der Waals surface area contributed by atoms with Crippen molar-refractivity contribution >= 4 is 30.7 Å². The predicted octanol–water partition coefficient (Wildman–Crippen LogP) is 0.515. The molecule has 0 aromatic heterocycles. The van der Waals surface area contributed by atoms with Gasteiger partial charge in [0, 0.05) is 52.0 Å². The van der Waals surface area contributed by atoms with Crippen LogP contribution in [0.2, 0.25) is 0 Å². The summed E-state index contributed by atoms with van der Waals surface area (Å²) in [5.41, 5.74) is 0. The Balaban J connectivity index is 0.000001000. The Hall–Kier alpha value is -0.0700. The molecule has 3 aliphatic rings. The third-order valence-electron chi connectivity index (χ3n) is 4.44. The Bertz CT molecular complexity index is 280. The standard InChI is InChI=1S/C13H23N3O2.2ClH/c17-13-12(15-7-4-14-5-8-15)1-6-16(13)11-2-9-18-10-3-11;;/h11-12,14H,1-10H2;2*1H. The van der Waals surface area contributed by atoms with Gasteiger partial charge in [0.15, 0.2) is 0 Å². The fourth-order valence-corrected chi connectivity index (χ4v) is 3.38. The number of likely N-dealkylation sites (tertiary alicyclic amines) is 1. The second-order valence-electron chi connectivity index (χ2n) is 5.47. The van der Waals surface area contributed by atoms with E-state index in [4.69, 9.17) is 4.74 Å². The molecule has 0 aromatic rings. The van der Waals surface area contributed by atoms with Crippen LogP contribution in [0.4, 0.5) is 0 Å². The highest BCUT2D eigenvalue weighted by atomic mass is 35.5. The lowest BCUT2D eigenvalue weighted by Crippen LogP contribution is -2.52. The predicted molar refractivity (Wildman–Crippen MR) is 82.9 cm³/mol. The van der Waals surface area contributed by atoms with Crippen molar-refractivity contribution in [1.29, 1.82) is 0 Å². The van der Waals surface area contributed by atoms with E-state index in [2.05, 4.69) is 15.1 Å². The number of carbonyl (C=O) groups is 1. The molecule has 7 heteroatoms. The van der Waals surface area contributed by atoms with Crippen LogP contribution in [0.1, 0.15) is 19.3 Å². The van der Waals surface area contributed by atoms with E-state index in [1.165, 1.54) is 0 Å². The third-order valence-corrected chi connectivity index (χ3v) is 4.44. The lowest BCUT2D eigenvalue weighted by atomic mass is 10.1. The van der Waals surface area contributed by atoms with Crippen molar-refractivity contribution in [2.24, 2.45) is 0 Å². The van der Waals surface area contributed by atoms with Crippen LogP contribution in [-0.4, -0.2) is 73.7 Å². The number of hydrogen-bond donors (Lipinski definition) is 1. The number of hydrogen-bond acceptors (Lipinski definition) is 4. The van der Waals surface area contributed by atoms with Gasteiger partial charge in [-0.05, 0) is 19.3 Å². The van der Waals surface area contributed by atoms with E-state index in [0.29, 0.717) is 11.9 Å². The molecule has 0 radical (unpaired) electrons. The average molecular weight is 326 g/mol. The highest BCUT2D eigenvalue weighted by molar-refractivity contribution is 5.85. The minimum absolute atomic E-state index is 0. The molecule has 1 atom stereocenters. The first-order valence-corrected chi connectivity index (χ1v) is 7.19. The lowest BCUT2D eigenvalue weighted by molar-refractivity contribution is -0.135. The van der Waals surface area contributed by atoms with E-state index < -0.39 is 0 Å². The van der Waals surface area contributed by atoms with Gasteiger partial charge in [-0.2, -0.15) is 0 Å². The number of nitrogens with zero attached hydrogens (tertiary/aromatic N) is 2.